The molecule has 0 saturated heterocycles. The summed E-state index contributed by atoms with van der Waals surface area (Å²) in [7, 11) is -3.81. The lowest BCUT2D eigenvalue weighted by atomic mass is 10.1. The number of amides is 2. The van der Waals surface area contributed by atoms with E-state index in [2.05, 4.69) is 5.32 Å². The number of rotatable bonds is 13. The third-order valence-corrected chi connectivity index (χ3v) is 7.51. The highest BCUT2D eigenvalue weighted by atomic mass is 32.2. The van der Waals surface area contributed by atoms with E-state index in [1.165, 1.54) is 4.90 Å². The molecule has 0 radical (unpaired) electrons. The van der Waals surface area contributed by atoms with E-state index in [0.29, 0.717) is 24.6 Å². The summed E-state index contributed by atoms with van der Waals surface area (Å²) in [5, 5.41) is 2.83. The summed E-state index contributed by atoms with van der Waals surface area (Å²) in [4.78, 5) is 27.9. The van der Waals surface area contributed by atoms with Gasteiger partial charge >= 0.3 is 0 Å². The number of benzene rings is 3. The summed E-state index contributed by atoms with van der Waals surface area (Å²) in [6.07, 6.45) is 1.82. The lowest BCUT2D eigenvalue weighted by Gasteiger charge is -2.32. The van der Waals surface area contributed by atoms with Crippen LogP contribution in [0.15, 0.2) is 78.9 Å². The van der Waals surface area contributed by atoms with Crippen LogP contribution in [0.2, 0.25) is 0 Å². The van der Waals surface area contributed by atoms with Gasteiger partial charge < -0.3 is 15.0 Å². The molecule has 0 fully saturated rings. The van der Waals surface area contributed by atoms with Gasteiger partial charge in [-0.15, -0.1) is 0 Å². The van der Waals surface area contributed by atoms with E-state index in [9.17, 15) is 18.0 Å². The zero-order chi connectivity index (χ0) is 28.4. The van der Waals surface area contributed by atoms with Gasteiger partial charge in [-0.3, -0.25) is 13.9 Å². The van der Waals surface area contributed by atoms with Crippen molar-refractivity contribution in [3.63, 3.8) is 0 Å². The van der Waals surface area contributed by atoms with Crippen LogP contribution in [0, 0.1) is 6.92 Å². The number of nitrogens with one attached hydrogen (secondary N) is 1. The predicted octanol–water partition coefficient (Wildman–Crippen LogP) is 4.28. The Bertz CT molecular complexity index is 1340. The van der Waals surface area contributed by atoms with Gasteiger partial charge in [0.05, 0.1) is 11.9 Å². The molecule has 0 aliphatic rings. The second-order valence-corrected chi connectivity index (χ2v) is 11.4. The predicted molar refractivity (Wildman–Crippen MR) is 154 cm³/mol. The molecule has 0 bridgehead atoms. The van der Waals surface area contributed by atoms with Crippen molar-refractivity contribution in [1.29, 1.82) is 0 Å². The van der Waals surface area contributed by atoms with Crippen LogP contribution in [-0.4, -0.2) is 50.5 Å². The maximum atomic E-state index is 13.7. The number of aryl methyl sites for hydroxylation is 1. The van der Waals surface area contributed by atoms with E-state index >= 15 is 0 Å². The van der Waals surface area contributed by atoms with Crippen LogP contribution in [0.5, 0.6) is 5.75 Å². The third kappa shape index (κ3) is 8.58. The van der Waals surface area contributed by atoms with Crippen molar-refractivity contribution in [2.75, 3.05) is 23.7 Å². The Labute approximate surface area is 231 Å². The zero-order valence-corrected chi connectivity index (χ0v) is 23.8. The molecule has 3 aromatic carbocycles. The zero-order valence-electron chi connectivity index (χ0n) is 23.0. The van der Waals surface area contributed by atoms with Crippen LogP contribution >= 0.6 is 0 Å². The van der Waals surface area contributed by atoms with Gasteiger partial charge in [-0.25, -0.2) is 8.42 Å². The van der Waals surface area contributed by atoms with Crippen LogP contribution < -0.4 is 14.4 Å². The summed E-state index contributed by atoms with van der Waals surface area (Å²) in [5.41, 5.74) is 3.20. The molecule has 208 valence electrons. The van der Waals surface area contributed by atoms with Crippen LogP contribution in [0.4, 0.5) is 5.69 Å². The molecular formula is C30H37N3O5S. The summed E-state index contributed by atoms with van der Waals surface area (Å²) < 4.78 is 32.4. The van der Waals surface area contributed by atoms with Gasteiger partial charge in [-0.05, 0) is 61.2 Å². The van der Waals surface area contributed by atoms with Gasteiger partial charge in [-0.2, -0.15) is 0 Å². The normalized spacial score (nSPS) is 11.9. The van der Waals surface area contributed by atoms with Crippen molar-refractivity contribution < 1.29 is 22.7 Å². The Morgan fingerprint density at radius 2 is 1.59 bits per heavy atom. The fourth-order valence-electron chi connectivity index (χ4n) is 4.01. The average Bonchev–Trinajstić information content (AvgIpc) is 2.93. The van der Waals surface area contributed by atoms with Gasteiger partial charge in [0.2, 0.25) is 21.8 Å². The molecule has 0 aromatic heterocycles. The van der Waals surface area contributed by atoms with Crippen molar-refractivity contribution in [3.8, 4) is 5.75 Å². The van der Waals surface area contributed by atoms with Crippen LogP contribution in [0.3, 0.4) is 0 Å². The number of carbonyl (C=O) groups is 2. The van der Waals surface area contributed by atoms with Crippen LogP contribution in [0.1, 0.15) is 37.0 Å². The number of sulfonamides is 1. The van der Waals surface area contributed by atoms with Gasteiger partial charge in [-0.1, -0.05) is 61.5 Å². The largest absolute Gasteiger partial charge is 0.489 e. The number of hydrogen-bond donors (Lipinski definition) is 1. The quantitative estimate of drug-likeness (QED) is 0.342. The summed E-state index contributed by atoms with van der Waals surface area (Å²) >= 11 is 0. The summed E-state index contributed by atoms with van der Waals surface area (Å²) in [5.74, 6) is -0.193. The lowest BCUT2D eigenvalue weighted by molar-refractivity contribution is -0.139. The number of ether oxygens (including phenoxy) is 1. The van der Waals surface area contributed by atoms with Gasteiger partial charge in [0.25, 0.3) is 0 Å². The maximum absolute atomic E-state index is 13.7. The SMILES string of the molecule is CCCNC(=O)C(C)N(Cc1ccccc1C)C(=O)CN(c1ccc(OCc2ccccc2)cc1)S(C)(=O)=O. The topological polar surface area (TPSA) is 96.0 Å². The number of anilines is 1. The number of hydrogen-bond acceptors (Lipinski definition) is 5. The van der Waals surface area contributed by atoms with Crippen molar-refractivity contribution in [3.05, 3.63) is 95.6 Å². The van der Waals surface area contributed by atoms with Crippen molar-refractivity contribution in [1.82, 2.24) is 10.2 Å². The number of carbonyl (C=O) groups excluding carboxylic acids is 2. The Morgan fingerprint density at radius 3 is 2.21 bits per heavy atom. The molecule has 1 unspecified atom stereocenters. The minimum absolute atomic E-state index is 0.177. The maximum Gasteiger partial charge on any atom is 0.244 e. The Balaban J connectivity index is 1.82. The fourth-order valence-corrected chi connectivity index (χ4v) is 4.86. The smallest absolute Gasteiger partial charge is 0.244 e. The molecule has 9 heteroatoms. The first-order chi connectivity index (χ1) is 18.6. The van der Waals surface area contributed by atoms with Gasteiger partial charge in [0, 0.05) is 13.1 Å². The highest BCUT2D eigenvalue weighted by Crippen LogP contribution is 2.23. The Hall–Kier alpha value is -3.85. The lowest BCUT2D eigenvalue weighted by Crippen LogP contribution is -2.51. The van der Waals surface area contributed by atoms with Crippen LogP contribution in [0.25, 0.3) is 0 Å². The van der Waals surface area contributed by atoms with E-state index in [1.807, 2.05) is 68.4 Å². The third-order valence-electron chi connectivity index (χ3n) is 6.37. The summed E-state index contributed by atoms with van der Waals surface area (Å²) in [6.45, 7) is 6.14. The molecule has 3 aromatic rings. The Kier molecular flexibility index (Phi) is 10.5. The minimum atomic E-state index is -3.81. The molecule has 0 aliphatic carbocycles. The summed E-state index contributed by atoms with van der Waals surface area (Å²) in [6, 6.07) is 23.1. The van der Waals surface area contributed by atoms with Gasteiger partial charge in [0.1, 0.15) is 24.9 Å². The second-order valence-electron chi connectivity index (χ2n) is 9.45. The van der Waals surface area contributed by atoms with Crippen molar-refractivity contribution >= 4 is 27.5 Å². The Morgan fingerprint density at radius 1 is 0.949 bits per heavy atom. The monoisotopic (exact) mass is 551 g/mol. The van der Waals surface area contributed by atoms with E-state index in [-0.39, 0.29) is 12.5 Å². The first kappa shape index (κ1) is 29.7. The molecule has 0 spiro atoms. The molecule has 0 saturated carbocycles. The highest BCUT2D eigenvalue weighted by molar-refractivity contribution is 7.92. The van der Waals surface area contributed by atoms with Crippen LogP contribution in [-0.2, 0) is 32.8 Å². The molecule has 0 heterocycles. The van der Waals surface area contributed by atoms with E-state index in [1.54, 1.807) is 31.2 Å². The second kappa shape index (κ2) is 13.8. The van der Waals surface area contributed by atoms with E-state index in [4.69, 9.17) is 4.74 Å². The first-order valence-electron chi connectivity index (χ1n) is 13.0. The van der Waals surface area contributed by atoms with E-state index in [0.717, 1.165) is 33.7 Å². The average molecular weight is 552 g/mol. The molecule has 1 N–H and O–H groups in total. The molecule has 3 rings (SSSR count). The molecule has 1 atom stereocenters. The standard InChI is InChI=1S/C30H37N3O5S/c1-5-19-31-30(35)24(3)32(20-26-14-10-9-11-23(26)2)29(34)21-33(39(4,36)37)27-15-17-28(18-16-27)38-22-25-12-7-6-8-13-25/h6-18,24H,5,19-22H2,1-4H3,(H,31,35). The minimum Gasteiger partial charge on any atom is -0.489 e. The molecule has 39 heavy (non-hydrogen) atoms. The molecule has 2 amide bonds. The fraction of sp³-hybridized carbons (Fsp3) is 0.333. The molecular weight excluding hydrogens is 514 g/mol. The van der Waals surface area contributed by atoms with Crippen molar-refractivity contribution in [2.24, 2.45) is 0 Å². The highest BCUT2D eigenvalue weighted by Gasteiger charge is 2.30. The van der Waals surface area contributed by atoms with Crippen molar-refractivity contribution in [2.45, 2.75) is 46.4 Å². The van der Waals surface area contributed by atoms with E-state index < -0.39 is 28.5 Å². The van der Waals surface area contributed by atoms with Gasteiger partial charge in [0.15, 0.2) is 0 Å². The number of nitrogens with zero attached hydrogens (tertiary/aromatic N) is 2. The first-order valence-corrected chi connectivity index (χ1v) is 14.8. The molecule has 8 nitrogen and oxygen atoms in total. The molecule has 0 aliphatic heterocycles.